The van der Waals surface area contributed by atoms with Gasteiger partial charge in [0.25, 0.3) is 5.56 Å². The second-order valence-electron chi connectivity index (χ2n) is 6.63. The molecule has 0 aliphatic carbocycles. The van der Waals surface area contributed by atoms with Crippen molar-refractivity contribution in [3.8, 4) is 11.3 Å². The van der Waals surface area contributed by atoms with Crippen LogP contribution in [-0.2, 0) is 24.0 Å². The molecule has 0 amide bonds. The van der Waals surface area contributed by atoms with Crippen LogP contribution < -0.4 is 10.3 Å². The average Bonchev–Trinajstić information content (AvgIpc) is 2.75. The van der Waals surface area contributed by atoms with Crippen molar-refractivity contribution < 1.29 is 8.42 Å². The Morgan fingerprint density at radius 2 is 1.43 bits per heavy atom. The molecule has 3 aromatic carbocycles. The zero-order chi connectivity index (χ0) is 20.2. The van der Waals surface area contributed by atoms with Crippen LogP contribution in [0.4, 0.5) is 0 Å². The highest BCUT2D eigenvalue weighted by Gasteiger charge is 2.12. The normalized spacial score (nSPS) is 10.8. The van der Waals surface area contributed by atoms with Gasteiger partial charge in [0.05, 0.1) is 17.6 Å². The van der Waals surface area contributed by atoms with E-state index in [4.69, 9.17) is 0 Å². The molecule has 0 atom stereocenters. The lowest BCUT2D eigenvalue weighted by Crippen LogP contribution is -2.24. The monoisotopic (exact) mass is 441 g/mol. The lowest BCUT2D eigenvalue weighted by atomic mass is 10.0. The molecule has 0 bridgehead atoms. The number of hydrogen-bond acceptors (Lipinski definition) is 4. The maximum absolute atomic E-state index is 13.0. The summed E-state index contributed by atoms with van der Waals surface area (Å²) in [5.74, 6) is 0. The molecular formula is C22H20ClN3O3S. The van der Waals surface area contributed by atoms with Gasteiger partial charge in [-0.25, -0.2) is 17.8 Å². The van der Waals surface area contributed by atoms with E-state index in [1.165, 1.54) is 4.68 Å². The molecule has 0 aliphatic rings. The number of nitrogens with one attached hydrogen (secondary N) is 1. The first-order valence-corrected chi connectivity index (χ1v) is 10.3. The van der Waals surface area contributed by atoms with Crippen LogP contribution in [-0.4, -0.2) is 18.2 Å². The highest BCUT2D eigenvalue weighted by molar-refractivity contribution is 7.70. The van der Waals surface area contributed by atoms with E-state index in [2.05, 4.69) is 9.82 Å². The first-order chi connectivity index (χ1) is 14.1. The topological polar surface area (TPSA) is 81.1 Å². The molecule has 0 unspecified atom stereocenters. The van der Waals surface area contributed by atoms with E-state index in [-0.39, 0.29) is 24.5 Å². The molecule has 1 heterocycles. The molecule has 4 rings (SSSR count). The summed E-state index contributed by atoms with van der Waals surface area (Å²) in [6, 6.07) is 24.7. The van der Waals surface area contributed by atoms with Crippen LogP contribution in [0.15, 0.2) is 83.7 Å². The van der Waals surface area contributed by atoms with Crippen LogP contribution >= 0.6 is 12.4 Å². The Balaban J connectivity index is 0.00000256. The standard InChI is InChI=1S/C22H19N3O3S.ClH/c26-22-20-9-5-4-8-19(20)21(24-25(22)15-17-6-2-1-3-7-17)18-12-10-16(11-13-18)14-23-29(27)28;/h1-13,29H,14-15H2,(H,23,27,28);1H. The summed E-state index contributed by atoms with van der Waals surface area (Å²) in [5.41, 5.74) is 3.28. The number of fused-ring (bicyclic) bond motifs is 1. The van der Waals surface area contributed by atoms with Gasteiger partial charge in [0, 0.05) is 17.5 Å². The summed E-state index contributed by atoms with van der Waals surface area (Å²) in [5, 5.41) is 6.06. The molecule has 0 fully saturated rings. The molecule has 0 spiro atoms. The number of thiol groups is 1. The van der Waals surface area contributed by atoms with Crippen molar-refractivity contribution >= 4 is 34.1 Å². The zero-order valence-corrected chi connectivity index (χ0v) is 17.6. The van der Waals surface area contributed by atoms with E-state index in [1.807, 2.05) is 78.9 Å². The fourth-order valence-electron chi connectivity index (χ4n) is 3.25. The van der Waals surface area contributed by atoms with Crippen molar-refractivity contribution in [1.29, 1.82) is 0 Å². The third-order valence-electron chi connectivity index (χ3n) is 4.68. The molecule has 8 heteroatoms. The number of rotatable bonds is 6. The molecule has 6 nitrogen and oxygen atoms in total. The van der Waals surface area contributed by atoms with Gasteiger partial charge < -0.3 is 0 Å². The SMILES string of the molecule is Cl.O=c1c2ccccc2c(-c2ccc(CN[SH](=O)=O)cc2)nn1Cc1ccccc1. The molecule has 0 radical (unpaired) electrons. The fourth-order valence-corrected chi connectivity index (χ4v) is 3.56. The molecule has 1 aromatic heterocycles. The highest BCUT2D eigenvalue weighted by atomic mass is 35.5. The van der Waals surface area contributed by atoms with Crippen molar-refractivity contribution in [3.05, 3.63) is 100 Å². The van der Waals surface area contributed by atoms with Crippen LogP contribution in [0.25, 0.3) is 22.0 Å². The van der Waals surface area contributed by atoms with Crippen molar-refractivity contribution in [2.75, 3.05) is 0 Å². The molecule has 30 heavy (non-hydrogen) atoms. The van der Waals surface area contributed by atoms with Gasteiger partial charge in [-0.05, 0) is 17.2 Å². The van der Waals surface area contributed by atoms with E-state index in [9.17, 15) is 13.2 Å². The van der Waals surface area contributed by atoms with Gasteiger partial charge in [0.15, 0.2) is 0 Å². The van der Waals surface area contributed by atoms with E-state index < -0.39 is 10.9 Å². The number of hydrogen-bond donors (Lipinski definition) is 2. The van der Waals surface area contributed by atoms with Crippen molar-refractivity contribution in [2.45, 2.75) is 13.1 Å². The zero-order valence-electron chi connectivity index (χ0n) is 15.9. The second kappa shape index (κ2) is 9.67. The van der Waals surface area contributed by atoms with Crippen LogP contribution in [0.5, 0.6) is 0 Å². The quantitative estimate of drug-likeness (QED) is 0.450. The van der Waals surface area contributed by atoms with Gasteiger partial charge in [-0.3, -0.25) is 4.79 Å². The van der Waals surface area contributed by atoms with Gasteiger partial charge in [-0.1, -0.05) is 72.8 Å². The van der Waals surface area contributed by atoms with Gasteiger partial charge >= 0.3 is 0 Å². The van der Waals surface area contributed by atoms with Gasteiger partial charge in [-0.2, -0.15) is 5.10 Å². The summed E-state index contributed by atoms with van der Waals surface area (Å²) in [6.45, 7) is 0.622. The van der Waals surface area contributed by atoms with Gasteiger partial charge in [0.1, 0.15) is 0 Å². The summed E-state index contributed by atoms with van der Waals surface area (Å²) in [4.78, 5) is 13.0. The molecule has 0 saturated heterocycles. The molecule has 0 aliphatic heterocycles. The summed E-state index contributed by atoms with van der Waals surface area (Å²) in [6.07, 6.45) is 0. The summed E-state index contributed by atoms with van der Waals surface area (Å²) >= 11 is 0. The van der Waals surface area contributed by atoms with E-state index in [0.29, 0.717) is 17.6 Å². The maximum atomic E-state index is 13.0. The van der Waals surface area contributed by atoms with Crippen LogP contribution in [0.2, 0.25) is 0 Å². The molecule has 0 saturated carbocycles. The van der Waals surface area contributed by atoms with Crippen molar-refractivity contribution in [3.63, 3.8) is 0 Å². The second-order valence-corrected chi connectivity index (χ2v) is 7.46. The number of nitrogens with zero attached hydrogens (tertiary/aromatic N) is 2. The Bertz CT molecular complexity index is 1280. The third kappa shape index (κ3) is 4.76. The number of aromatic nitrogens is 2. The number of halogens is 1. The lowest BCUT2D eigenvalue weighted by Gasteiger charge is -2.12. The molecule has 1 N–H and O–H groups in total. The maximum Gasteiger partial charge on any atom is 0.274 e. The lowest BCUT2D eigenvalue weighted by molar-refractivity contribution is 0.601. The molecule has 4 aromatic rings. The minimum Gasteiger partial charge on any atom is -0.267 e. The number of benzene rings is 3. The first kappa shape index (κ1) is 21.7. The van der Waals surface area contributed by atoms with E-state index >= 15 is 0 Å². The predicted molar refractivity (Wildman–Crippen MR) is 121 cm³/mol. The highest BCUT2D eigenvalue weighted by Crippen LogP contribution is 2.25. The van der Waals surface area contributed by atoms with Gasteiger partial charge in [0.2, 0.25) is 10.9 Å². The Kier molecular flexibility index (Phi) is 6.99. The van der Waals surface area contributed by atoms with Crippen LogP contribution in [0.1, 0.15) is 11.1 Å². The van der Waals surface area contributed by atoms with Crippen LogP contribution in [0, 0.1) is 0 Å². The molecule has 154 valence electrons. The minimum absolute atomic E-state index is 0. The van der Waals surface area contributed by atoms with Crippen molar-refractivity contribution in [2.24, 2.45) is 0 Å². The Morgan fingerprint density at radius 1 is 0.800 bits per heavy atom. The first-order valence-electron chi connectivity index (χ1n) is 9.13. The summed E-state index contributed by atoms with van der Waals surface area (Å²) in [7, 11) is -2.63. The van der Waals surface area contributed by atoms with Gasteiger partial charge in [-0.15, -0.1) is 12.4 Å². The Labute approximate surface area is 181 Å². The van der Waals surface area contributed by atoms with E-state index in [1.54, 1.807) is 0 Å². The average molecular weight is 442 g/mol. The Hall–Kier alpha value is -3.00. The minimum atomic E-state index is -2.63. The Morgan fingerprint density at radius 3 is 2.10 bits per heavy atom. The smallest absolute Gasteiger partial charge is 0.267 e. The van der Waals surface area contributed by atoms with E-state index in [0.717, 1.165) is 22.1 Å². The predicted octanol–water partition coefficient (Wildman–Crippen LogP) is 3.15. The van der Waals surface area contributed by atoms with Crippen molar-refractivity contribution in [1.82, 2.24) is 14.5 Å². The fraction of sp³-hybridized carbons (Fsp3) is 0.0909. The molecular weight excluding hydrogens is 422 g/mol. The summed E-state index contributed by atoms with van der Waals surface area (Å²) < 4.78 is 25.3. The third-order valence-corrected chi connectivity index (χ3v) is 5.10. The van der Waals surface area contributed by atoms with Crippen LogP contribution in [0.3, 0.4) is 0 Å². The largest absolute Gasteiger partial charge is 0.274 e.